The first-order chi connectivity index (χ1) is 10.3. The van der Waals surface area contributed by atoms with Gasteiger partial charge in [0.15, 0.2) is 0 Å². The number of pyridine rings is 1. The lowest BCUT2D eigenvalue weighted by molar-refractivity contribution is 0.0498. The summed E-state index contributed by atoms with van der Waals surface area (Å²) in [6.45, 7) is 2.28. The predicted octanol–water partition coefficient (Wildman–Crippen LogP) is 1.93. The Balaban J connectivity index is 1.78. The first-order valence-corrected chi connectivity index (χ1v) is 7.06. The van der Waals surface area contributed by atoms with Crippen molar-refractivity contribution in [1.29, 1.82) is 0 Å². The summed E-state index contributed by atoms with van der Waals surface area (Å²) >= 11 is 0. The summed E-state index contributed by atoms with van der Waals surface area (Å²) in [6.07, 6.45) is 8.65. The van der Waals surface area contributed by atoms with Gasteiger partial charge in [-0.1, -0.05) is 0 Å². The predicted molar refractivity (Wildman–Crippen MR) is 78.7 cm³/mol. The van der Waals surface area contributed by atoms with Gasteiger partial charge >= 0.3 is 0 Å². The molecule has 3 heterocycles. The third kappa shape index (κ3) is 3.28. The van der Waals surface area contributed by atoms with Crippen molar-refractivity contribution in [2.75, 3.05) is 25.6 Å². The van der Waals surface area contributed by atoms with E-state index in [-0.39, 0.29) is 0 Å². The maximum absolute atomic E-state index is 5.94. The van der Waals surface area contributed by atoms with Crippen LogP contribution in [-0.2, 0) is 4.74 Å². The Hall–Kier alpha value is -2.21. The summed E-state index contributed by atoms with van der Waals surface area (Å²) in [5.41, 5.74) is 7.34. The Labute approximate surface area is 123 Å². The summed E-state index contributed by atoms with van der Waals surface area (Å²) < 4.78 is 11.3. The Morgan fingerprint density at radius 2 is 2.00 bits per heavy atom. The molecule has 0 radical (unpaired) electrons. The van der Waals surface area contributed by atoms with Gasteiger partial charge in [0.05, 0.1) is 12.8 Å². The minimum atomic E-state index is 0.389. The largest absolute Gasteiger partial charge is 0.491 e. The molecule has 0 aliphatic carbocycles. The van der Waals surface area contributed by atoms with Gasteiger partial charge in [0, 0.05) is 37.4 Å². The van der Waals surface area contributed by atoms with Crippen molar-refractivity contribution >= 4 is 5.82 Å². The number of ether oxygens (including phenoxy) is 2. The van der Waals surface area contributed by atoms with Gasteiger partial charge < -0.3 is 15.2 Å². The summed E-state index contributed by atoms with van der Waals surface area (Å²) in [4.78, 5) is 12.5. The van der Waals surface area contributed by atoms with Crippen LogP contribution >= 0.6 is 0 Å². The molecule has 0 spiro atoms. The van der Waals surface area contributed by atoms with Gasteiger partial charge in [0.1, 0.15) is 17.3 Å². The molecule has 2 N–H and O–H groups in total. The molecule has 0 aromatic carbocycles. The molecule has 1 saturated heterocycles. The van der Waals surface area contributed by atoms with Crippen molar-refractivity contribution < 1.29 is 9.47 Å². The zero-order chi connectivity index (χ0) is 14.5. The summed E-state index contributed by atoms with van der Waals surface area (Å²) in [7, 11) is 0. The van der Waals surface area contributed by atoms with E-state index in [0.29, 0.717) is 29.8 Å². The number of nitrogen functional groups attached to an aromatic ring is 1. The minimum absolute atomic E-state index is 0.389. The zero-order valence-electron chi connectivity index (χ0n) is 11.7. The molecule has 1 fully saturated rings. The quantitative estimate of drug-likeness (QED) is 0.924. The van der Waals surface area contributed by atoms with Crippen LogP contribution in [0.15, 0.2) is 30.9 Å². The summed E-state index contributed by atoms with van der Waals surface area (Å²) in [5.74, 6) is 1.60. The Kier molecular flexibility index (Phi) is 4.25. The summed E-state index contributed by atoms with van der Waals surface area (Å²) in [6, 6.07) is 1.85. The van der Waals surface area contributed by atoms with Gasteiger partial charge in [-0.25, -0.2) is 4.98 Å². The lowest BCUT2D eigenvalue weighted by Gasteiger charge is -2.22. The molecule has 6 nitrogen and oxygen atoms in total. The third-order valence-electron chi connectivity index (χ3n) is 3.58. The van der Waals surface area contributed by atoms with Gasteiger partial charge in [-0.2, -0.15) is 0 Å². The number of nitrogens with two attached hydrogens (primary N) is 1. The van der Waals surface area contributed by atoms with Crippen molar-refractivity contribution in [2.24, 2.45) is 5.92 Å². The molecule has 2 aromatic rings. The molecule has 110 valence electrons. The smallest absolute Gasteiger partial charge is 0.150 e. The van der Waals surface area contributed by atoms with E-state index in [1.54, 1.807) is 24.8 Å². The van der Waals surface area contributed by atoms with E-state index in [0.717, 1.165) is 31.6 Å². The van der Waals surface area contributed by atoms with E-state index >= 15 is 0 Å². The molecule has 21 heavy (non-hydrogen) atoms. The number of hydrogen-bond acceptors (Lipinski definition) is 6. The van der Waals surface area contributed by atoms with Gasteiger partial charge in [-0.15, -0.1) is 0 Å². The topological polar surface area (TPSA) is 83.2 Å². The number of hydrogen-bond donors (Lipinski definition) is 1. The van der Waals surface area contributed by atoms with E-state index in [2.05, 4.69) is 15.0 Å². The fourth-order valence-electron chi connectivity index (χ4n) is 2.37. The molecule has 6 heteroatoms. The summed E-state index contributed by atoms with van der Waals surface area (Å²) in [5, 5.41) is 0. The fourth-order valence-corrected chi connectivity index (χ4v) is 2.37. The van der Waals surface area contributed by atoms with Crippen LogP contribution in [0.5, 0.6) is 5.75 Å². The van der Waals surface area contributed by atoms with Crippen LogP contribution in [0.2, 0.25) is 0 Å². The van der Waals surface area contributed by atoms with Crippen molar-refractivity contribution in [1.82, 2.24) is 15.0 Å². The number of rotatable bonds is 4. The molecule has 0 unspecified atom stereocenters. The molecule has 1 aliphatic heterocycles. The monoisotopic (exact) mass is 286 g/mol. The third-order valence-corrected chi connectivity index (χ3v) is 3.58. The van der Waals surface area contributed by atoms with Crippen molar-refractivity contribution in [2.45, 2.75) is 12.8 Å². The van der Waals surface area contributed by atoms with Crippen molar-refractivity contribution in [3.8, 4) is 17.0 Å². The second-order valence-electron chi connectivity index (χ2n) is 5.03. The highest BCUT2D eigenvalue weighted by Gasteiger charge is 2.16. The van der Waals surface area contributed by atoms with Crippen LogP contribution in [0.4, 0.5) is 5.82 Å². The zero-order valence-corrected chi connectivity index (χ0v) is 11.7. The first kappa shape index (κ1) is 13.8. The fraction of sp³-hybridized carbons (Fsp3) is 0.400. The molecule has 2 aromatic heterocycles. The Morgan fingerprint density at radius 3 is 2.81 bits per heavy atom. The molecule has 0 saturated carbocycles. The molecule has 0 bridgehead atoms. The van der Waals surface area contributed by atoms with Crippen molar-refractivity contribution in [3.05, 3.63) is 30.9 Å². The number of aromatic nitrogens is 3. The van der Waals surface area contributed by atoms with Gasteiger partial charge in [0.2, 0.25) is 0 Å². The molecule has 0 atom stereocenters. The van der Waals surface area contributed by atoms with Crippen molar-refractivity contribution in [3.63, 3.8) is 0 Å². The highest BCUT2D eigenvalue weighted by atomic mass is 16.5. The molecule has 1 aliphatic rings. The maximum atomic E-state index is 5.94. The maximum Gasteiger partial charge on any atom is 0.150 e. The minimum Gasteiger partial charge on any atom is -0.491 e. The lowest BCUT2D eigenvalue weighted by Crippen LogP contribution is -2.21. The van der Waals surface area contributed by atoms with E-state index in [1.165, 1.54) is 0 Å². The second-order valence-corrected chi connectivity index (χ2v) is 5.03. The van der Waals surface area contributed by atoms with Gasteiger partial charge in [0.25, 0.3) is 0 Å². The van der Waals surface area contributed by atoms with Gasteiger partial charge in [-0.05, 0) is 24.8 Å². The number of nitrogens with zero attached hydrogens (tertiary/aromatic N) is 3. The SMILES string of the molecule is Nc1nccnc1-c1ccncc1OCC1CCOCC1. The Morgan fingerprint density at radius 1 is 1.19 bits per heavy atom. The highest BCUT2D eigenvalue weighted by Crippen LogP contribution is 2.30. The Bertz CT molecular complexity index is 600. The molecular formula is C15H18N4O2. The standard InChI is InChI=1S/C15H18N4O2/c16-15-14(18-5-6-19-15)12-1-4-17-9-13(12)21-10-11-2-7-20-8-3-11/h1,4-6,9,11H,2-3,7-8,10H2,(H2,16,19). The van der Waals surface area contributed by atoms with Gasteiger partial charge in [-0.3, -0.25) is 9.97 Å². The van der Waals surface area contributed by atoms with Crippen LogP contribution in [0.1, 0.15) is 12.8 Å². The molecular weight excluding hydrogens is 268 g/mol. The van der Waals surface area contributed by atoms with E-state index in [9.17, 15) is 0 Å². The normalized spacial score (nSPS) is 15.8. The average Bonchev–Trinajstić information content (AvgIpc) is 2.55. The lowest BCUT2D eigenvalue weighted by atomic mass is 10.0. The van der Waals surface area contributed by atoms with E-state index in [4.69, 9.17) is 15.2 Å². The van der Waals surface area contributed by atoms with Crippen LogP contribution < -0.4 is 10.5 Å². The van der Waals surface area contributed by atoms with Crippen LogP contribution in [0.25, 0.3) is 11.3 Å². The first-order valence-electron chi connectivity index (χ1n) is 7.06. The molecule has 0 amide bonds. The van der Waals surface area contributed by atoms with E-state index in [1.807, 2.05) is 6.07 Å². The number of anilines is 1. The van der Waals surface area contributed by atoms with E-state index < -0.39 is 0 Å². The highest BCUT2D eigenvalue weighted by molar-refractivity contribution is 5.74. The second kappa shape index (κ2) is 6.49. The van der Waals surface area contributed by atoms with Crippen LogP contribution in [-0.4, -0.2) is 34.8 Å². The van der Waals surface area contributed by atoms with Crippen LogP contribution in [0, 0.1) is 5.92 Å². The average molecular weight is 286 g/mol. The molecule has 3 rings (SSSR count). The van der Waals surface area contributed by atoms with Crippen LogP contribution in [0.3, 0.4) is 0 Å².